The average Bonchev–Trinajstić information content (AvgIpc) is 2.71. The van der Waals surface area contributed by atoms with Crippen molar-refractivity contribution in [2.45, 2.75) is 26.2 Å². The molecule has 0 radical (unpaired) electrons. The van der Waals surface area contributed by atoms with Gasteiger partial charge in [-0.1, -0.05) is 15.9 Å². The van der Waals surface area contributed by atoms with Gasteiger partial charge in [-0.3, -0.25) is 4.79 Å². The quantitative estimate of drug-likeness (QED) is 0.397. The van der Waals surface area contributed by atoms with E-state index in [1.165, 1.54) is 0 Å². The van der Waals surface area contributed by atoms with Gasteiger partial charge in [-0.05, 0) is 19.1 Å². The highest BCUT2D eigenvalue weighted by atomic mass is 79.9. The predicted molar refractivity (Wildman–Crippen MR) is 92.6 cm³/mol. The second kappa shape index (κ2) is 8.54. The van der Waals surface area contributed by atoms with Crippen molar-refractivity contribution in [1.82, 2.24) is 5.32 Å². The summed E-state index contributed by atoms with van der Waals surface area (Å²) in [6, 6.07) is 3.48. The fraction of sp³-hybridized carbons (Fsp3) is 0.278. The molecule has 2 aromatic carbocycles. The van der Waals surface area contributed by atoms with Crippen LogP contribution in [0.4, 0.5) is 22.0 Å². The Morgan fingerprint density at radius 2 is 1.76 bits per heavy atom. The molecule has 0 saturated carbocycles. The molecule has 0 aromatic heterocycles. The summed E-state index contributed by atoms with van der Waals surface area (Å²) in [5.74, 6) is -12.8. The molecule has 0 fully saturated rings. The number of benzene rings is 2. The molecule has 0 spiro atoms. The number of fused-ring (bicyclic) bond motifs is 1. The first-order chi connectivity index (χ1) is 13.7. The van der Waals surface area contributed by atoms with E-state index < -0.39 is 46.8 Å². The highest BCUT2D eigenvalue weighted by Gasteiger charge is 2.29. The Hall–Kier alpha value is -2.40. The van der Waals surface area contributed by atoms with Crippen molar-refractivity contribution in [2.24, 2.45) is 0 Å². The number of carbonyl (C=O) groups excluding carboxylic acids is 1. The van der Waals surface area contributed by atoms with Crippen LogP contribution in [0.1, 0.15) is 18.1 Å². The summed E-state index contributed by atoms with van der Waals surface area (Å²) in [7, 11) is 0. The Bertz CT molecular complexity index is 943. The number of ether oxygens (including phenoxy) is 3. The molecule has 0 aliphatic carbocycles. The maximum Gasteiger partial charge on any atom is 0.261 e. The van der Waals surface area contributed by atoms with Crippen molar-refractivity contribution in [2.75, 3.05) is 6.79 Å². The SMILES string of the molecule is CC(Oc1c(F)c(F)c(F)c(F)c1F)C(=O)NCc1cc(Br)cc2c1OCOC2. The van der Waals surface area contributed by atoms with Gasteiger partial charge in [0.2, 0.25) is 29.1 Å². The molecule has 11 heteroatoms. The van der Waals surface area contributed by atoms with Crippen molar-refractivity contribution in [3.05, 3.63) is 56.8 Å². The lowest BCUT2D eigenvalue weighted by atomic mass is 10.1. The predicted octanol–water partition coefficient (Wildman–Crippen LogP) is 4.09. The largest absolute Gasteiger partial charge is 0.475 e. The lowest BCUT2D eigenvalue weighted by molar-refractivity contribution is -0.127. The molecule has 2 aromatic rings. The third-order valence-corrected chi connectivity index (χ3v) is 4.50. The molecule has 0 bridgehead atoms. The summed E-state index contributed by atoms with van der Waals surface area (Å²) in [4.78, 5) is 12.2. The van der Waals surface area contributed by atoms with Crippen LogP contribution in [0.25, 0.3) is 0 Å². The Labute approximate surface area is 169 Å². The van der Waals surface area contributed by atoms with Crippen molar-refractivity contribution in [3.8, 4) is 11.5 Å². The molecular formula is C18H13BrF5NO4. The maximum absolute atomic E-state index is 13.7. The zero-order valence-corrected chi connectivity index (χ0v) is 16.3. The maximum atomic E-state index is 13.7. The number of nitrogens with one attached hydrogen (secondary N) is 1. The molecule has 3 rings (SSSR count). The van der Waals surface area contributed by atoms with Gasteiger partial charge in [-0.15, -0.1) is 0 Å². The fourth-order valence-electron chi connectivity index (χ4n) is 2.63. The summed E-state index contributed by atoms with van der Waals surface area (Å²) < 4.78 is 83.0. The minimum absolute atomic E-state index is 0.0363. The Morgan fingerprint density at radius 1 is 1.14 bits per heavy atom. The van der Waals surface area contributed by atoms with E-state index in [0.717, 1.165) is 12.5 Å². The monoisotopic (exact) mass is 481 g/mol. The Kier molecular flexibility index (Phi) is 6.27. The number of halogens is 6. The lowest BCUT2D eigenvalue weighted by Gasteiger charge is -2.22. The van der Waals surface area contributed by atoms with Crippen LogP contribution in [0.15, 0.2) is 16.6 Å². The third kappa shape index (κ3) is 4.30. The van der Waals surface area contributed by atoms with Gasteiger partial charge in [-0.25, -0.2) is 13.2 Å². The van der Waals surface area contributed by atoms with Crippen LogP contribution in [0.5, 0.6) is 11.5 Å². The summed E-state index contributed by atoms with van der Waals surface area (Å²) in [5.41, 5.74) is 1.34. The molecule has 1 atom stereocenters. The average molecular weight is 482 g/mol. The first-order valence-electron chi connectivity index (χ1n) is 8.18. The molecule has 1 aliphatic heterocycles. The molecule has 1 N–H and O–H groups in total. The van der Waals surface area contributed by atoms with E-state index in [0.29, 0.717) is 22.4 Å². The Morgan fingerprint density at radius 3 is 2.41 bits per heavy atom. The molecule has 1 aliphatic rings. The summed E-state index contributed by atoms with van der Waals surface area (Å²) in [6.45, 7) is 1.42. The molecule has 0 saturated heterocycles. The first-order valence-corrected chi connectivity index (χ1v) is 8.97. The van der Waals surface area contributed by atoms with Crippen LogP contribution in [-0.4, -0.2) is 18.8 Å². The van der Waals surface area contributed by atoms with Crippen LogP contribution in [0.2, 0.25) is 0 Å². The van der Waals surface area contributed by atoms with Crippen LogP contribution in [-0.2, 0) is 22.7 Å². The molecule has 156 valence electrons. The van der Waals surface area contributed by atoms with Gasteiger partial charge in [0.25, 0.3) is 5.91 Å². The lowest BCUT2D eigenvalue weighted by Crippen LogP contribution is -2.36. The van der Waals surface area contributed by atoms with E-state index in [1.54, 1.807) is 12.1 Å². The van der Waals surface area contributed by atoms with Crippen molar-refractivity contribution < 1.29 is 41.0 Å². The van der Waals surface area contributed by atoms with E-state index in [1.807, 2.05) is 0 Å². The molecule has 1 heterocycles. The van der Waals surface area contributed by atoms with E-state index in [4.69, 9.17) is 14.2 Å². The molecule has 1 amide bonds. The van der Waals surface area contributed by atoms with Gasteiger partial charge in [0.1, 0.15) is 5.75 Å². The smallest absolute Gasteiger partial charge is 0.261 e. The number of hydrogen-bond donors (Lipinski definition) is 1. The summed E-state index contributed by atoms with van der Waals surface area (Å²) in [6.07, 6.45) is -1.55. The van der Waals surface area contributed by atoms with Gasteiger partial charge in [0.15, 0.2) is 18.6 Å². The highest BCUT2D eigenvalue weighted by Crippen LogP contribution is 2.32. The van der Waals surface area contributed by atoms with E-state index in [2.05, 4.69) is 21.2 Å². The van der Waals surface area contributed by atoms with E-state index in [9.17, 15) is 26.7 Å². The van der Waals surface area contributed by atoms with Gasteiger partial charge in [0, 0.05) is 22.1 Å². The van der Waals surface area contributed by atoms with Crippen molar-refractivity contribution in [1.29, 1.82) is 0 Å². The second-order valence-electron chi connectivity index (χ2n) is 6.04. The van der Waals surface area contributed by atoms with Crippen LogP contribution in [0.3, 0.4) is 0 Å². The minimum atomic E-state index is -2.31. The number of amides is 1. The number of carbonyl (C=O) groups is 1. The summed E-state index contributed by atoms with van der Waals surface area (Å²) >= 11 is 3.32. The van der Waals surface area contributed by atoms with Gasteiger partial charge >= 0.3 is 0 Å². The zero-order valence-electron chi connectivity index (χ0n) is 14.8. The van der Waals surface area contributed by atoms with Crippen LogP contribution >= 0.6 is 15.9 Å². The normalized spacial score (nSPS) is 14.0. The number of hydrogen-bond acceptors (Lipinski definition) is 4. The van der Waals surface area contributed by atoms with E-state index >= 15 is 0 Å². The molecule has 5 nitrogen and oxygen atoms in total. The topological polar surface area (TPSA) is 56.8 Å². The minimum Gasteiger partial charge on any atom is -0.475 e. The third-order valence-electron chi connectivity index (χ3n) is 4.04. The van der Waals surface area contributed by atoms with Gasteiger partial charge in [0.05, 0.1) is 6.61 Å². The first kappa shape index (κ1) is 21.3. The standard InChI is InChI=1S/C18H13BrF5NO4/c1-7(29-17-14(23)12(21)11(20)13(22)15(17)24)18(26)25-4-8-2-10(19)3-9-5-27-6-28-16(8)9/h2-3,7H,4-6H2,1H3,(H,25,26). The van der Waals surface area contributed by atoms with Gasteiger partial charge in [-0.2, -0.15) is 8.78 Å². The molecular weight excluding hydrogens is 469 g/mol. The zero-order chi connectivity index (χ0) is 21.3. The van der Waals surface area contributed by atoms with Crippen molar-refractivity contribution in [3.63, 3.8) is 0 Å². The van der Waals surface area contributed by atoms with Crippen molar-refractivity contribution >= 4 is 21.8 Å². The van der Waals surface area contributed by atoms with Crippen LogP contribution < -0.4 is 14.8 Å². The second-order valence-corrected chi connectivity index (χ2v) is 6.96. The van der Waals surface area contributed by atoms with Gasteiger partial charge < -0.3 is 19.5 Å². The summed E-state index contributed by atoms with van der Waals surface area (Å²) in [5, 5.41) is 2.46. The molecule has 1 unspecified atom stereocenters. The van der Waals surface area contributed by atoms with Crippen LogP contribution in [0, 0.1) is 29.1 Å². The number of rotatable bonds is 5. The van der Waals surface area contributed by atoms with E-state index in [-0.39, 0.29) is 13.3 Å². The molecule has 29 heavy (non-hydrogen) atoms. The fourth-order valence-corrected chi connectivity index (χ4v) is 3.19. The highest BCUT2D eigenvalue weighted by molar-refractivity contribution is 9.10. The Balaban J connectivity index is 1.72.